The Labute approximate surface area is 115 Å². The maximum absolute atomic E-state index is 12.2. The third kappa shape index (κ3) is 1.98. The van der Waals surface area contributed by atoms with Crippen molar-refractivity contribution in [3.63, 3.8) is 0 Å². The molecule has 0 fully saturated rings. The van der Waals surface area contributed by atoms with Crippen molar-refractivity contribution < 1.29 is 0 Å². The summed E-state index contributed by atoms with van der Waals surface area (Å²) >= 11 is 4.50. The lowest BCUT2D eigenvalue weighted by atomic mass is 10.3. The van der Waals surface area contributed by atoms with Gasteiger partial charge in [0, 0.05) is 0 Å². The van der Waals surface area contributed by atoms with Crippen molar-refractivity contribution in [3.8, 4) is 5.13 Å². The molecule has 2 aromatic heterocycles. The molecule has 0 radical (unpaired) electrons. The molecule has 2 heterocycles. The summed E-state index contributed by atoms with van der Waals surface area (Å²) in [5.41, 5.74) is -0.0141. The van der Waals surface area contributed by atoms with Crippen LogP contribution < -0.4 is 5.56 Å². The lowest BCUT2D eigenvalue weighted by molar-refractivity contribution is 0.961. The molecule has 1 aromatic carbocycles. The van der Waals surface area contributed by atoms with Gasteiger partial charge in [0.1, 0.15) is 0 Å². The van der Waals surface area contributed by atoms with Crippen molar-refractivity contribution in [2.75, 3.05) is 5.75 Å². The lowest BCUT2D eigenvalue weighted by Gasteiger charge is -1.89. The molecule has 0 atom stereocenters. The van der Waals surface area contributed by atoms with E-state index < -0.39 is 0 Å². The molecule has 0 N–H and O–H groups in total. The Balaban J connectivity index is 2.13. The number of hydrogen-bond acceptors (Lipinski definition) is 6. The fourth-order valence-corrected chi connectivity index (χ4v) is 4.32. The maximum Gasteiger partial charge on any atom is 0.275 e. The van der Waals surface area contributed by atoms with Crippen molar-refractivity contribution in [1.29, 1.82) is 0 Å². The second kappa shape index (κ2) is 4.83. The highest BCUT2D eigenvalue weighted by molar-refractivity contribution is 8.01. The minimum atomic E-state index is -0.0141. The van der Waals surface area contributed by atoms with E-state index in [1.165, 1.54) is 22.9 Å². The predicted octanol–water partition coefficient (Wildman–Crippen LogP) is 3.02. The number of aromatic nitrogens is 3. The highest BCUT2D eigenvalue weighted by Crippen LogP contribution is 2.26. The zero-order chi connectivity index (χ0) is 12.5. The van der Waals surface area contributed by atoms with Gasteiger partial charge < -0.3 is 0 Å². The number of hydrogen-bond donors (Lipinski definition) is 0. The molecule has 0 amide bonds. The Hall–Kier alpha value is -1.18. The third-order valence-electron chi connectivity index (χ3n) is 2.33. The van der Waals surface area contributed by atoms with Crippen LogP contribution >= 0.6 is 34.6 Å². The van der Waals surface area contributed by atoms with Crippen LogP contribution in [0.3, 0.4) is 0 Å². The molecule has 0 spiro atoms. The highest BCUT2D eigenvalue weighted by Gasteiger charge is 2.12. The van der Waals surface area contributed by atoms with Crippen LogP contribution in [0.25, 0.3) is 15.2 Å². The monoisotopic (exact) mass is 295 g/mol. The quantitative estimate of drug-likeness (QED) is 0.697. The molecule has 0 bridgehead atoms. The van der Waals surface area contributed by atoms with Crippen LogP contribution in [0.4, 0.5) is 0 Å². The average Bonchev–Trinajstić information content (AvgIpc) is 2.96. The fraction of sp³-hybridized carbons (Fsp3) is 0.182. The Morgan fingerprint density at radius 1 is 1.33 bits per heavy atom. The molecule has 0 aliphatic heterocycles. The summed E-state index contributed by atoms with van der Waals surface area (Å²) in [5, 5.41) is 9.54. The summed E-state index contributed by atoms with van der Waals surface area (Å²) < 4.78 is 3.49. The maximum atomic E-state index is 12.2. The van der Waals surface area contributed by atoms with Gasteiger partial charge in [0.05, 0.1) is 10.1 Å². The summed E-state index contributed by atoms with van der Waals surface area (Å²) in [6.45, 7) is 2.07. The molecule has 0 saturated heterocycles. The predicted molar refractivity (Wildman–Crippen MR) is 77.3 cm³/mol. The van der Waals surface area contributed by atoms with Gasteiger partial charge in [-0.3, -0.25) is 4.79 Å². The minimum Gasteiger partial charge on any atom is -0.267 e. The van der Waals surface area contributed by atoms with Crippen LogP contribution in [0.1, 0.15) is 6.92 Å². The second-order valence-electron chi connectivity index (χ2n) is 3.47. The highest BCUT2D eigenvalue weighted by atomic mass is 32.2. The van der Waals surface area contributed by atoms with Gasteiger partial charge in [-0.1, -0.05) is 42.2 Å². The van der Waals surface area contributed by atoms with Gasteiger partial charge in [0.15, 0.2) is 4.34 Å². The van der Waals surface area contributed by atoms with Crippen LogP contribution in [-0.2, 0) is 0 Å². The summed E-state index contributed by atoms with van der Waals surface area (Å²) in [6, 6.07) is 7.59. The summed E-state index contributed by atoms with van der Waals surface area (Å²) in [6.07, 6.45) is 0. The molecule has 0 aliphatic rings. The van der Waals surface area contributed by atoms with Crippen molar-refractivity contribution in [2.24, 2.45) is 0 Å². The van der Waals surface area contributed by atoms with Gasteiger partial charge in [0.2, 0.25) is 5.13 Å². The normalized spacial score (nSPS) is 11.2. The Morgan fingerprint density at radius 2 is 2.17 bits per heavy atom. The van der Waals surface area contributed by atoms with E-state index in [1.807, 2.05) is 24.3 Å². The Kier molecular flexibility index (Phi) is 3.19. The van der Waals surface area contributed by atoms with Gasteiger partial charge in [-0.2, -0.15) is 0 Å². The van der Waals surface area contributed by atoms with E-state index in [0.29, 0.717) is 5.13 Å². The first-order valence-corrected chi connectivity index (χ1v) is 7.95. The van der Waals surface area contributed by atoms with Gasteiger partial charge in [0.25, 0.3) is 5.56 Å². The standard InChI is InChI=1S/C11H9N3OS3/c1-2-16-11-13-12-10(17-11)14-9(15)7-5-3-4-6-8(7)18-14/h3-6H,2H2,1H3. The van der Waals surface area contributed by atoms with E-state index in [0.717, 1.165) is 20.2 Å². The summed E-state index contributed by atoms with van der Waals surface area (Å²) in [7, 11) is 0. The summed E-state index contributed by atoms with van der Waals surface area (Å²) in [5.74, 6) is 0.954. The van der Waals surface area contributed by atoms with Gasteiger partial charge in [-0.05, 0) is 29.4 Å². The van der Waals surface area contributed by atoms with E-state index in [4.69, 9.17) is 0 Å². The van der Waals surface area contributed by atoms with Gasteiger partial charge in [-0.25, -0.2) is 3.96 Å². The molecular weight excluding hydrogens is 286 g/mol. The smallest absolute Gasteiger partial charge is 0.267 e. The molecule has 92 valence electrons. The summed E-state index contributed by atoms with van der Waals surface area (Å²) in [4.78, 5) is 12.2. The van der Waals surface area contributed by atoms with Crippen molar-refractivity contribution in [3.05, 3.63) is 34.6 Å². The largest absolute Gasteiger partial charge is 0.275 e. The van der Waals surface area contributed by atoms with Crippen LogP contribution in [0.2, 0.25) is 0 Å². The number of fused-ring (bicyclic) bond motifs is 1. The van der Waals surface area contributed by atoms with Crippen molar-refractivity contribution in [2.45, 2.75) is 11.3 Å². The fourth-order valence-electron chi connectivity index (χ4n) is 1.56. The number of rotatable bonds is 3. The molecule has 0 saturated carbocycles. The van der Waals surface area contributed by atoms with Crippen LogP contribution in [0, 0.1) is 0 Å². The van der Waals surface area contributed by atoms with E-state index in [-0.39, 0.29) is 5.56 Å². The first-order valence-electron chi connectivity index (χ1n) is 5.37. The molecule has 4 nitrogen and oxygen atoms in total. The van der Waals surface area contributed by atoms with E-state index in [1.54, 1.807) is 15.7 Å². The van der Waals surface area contributed by atoms with E-state index in [9.17, 15) is 4.79 Å². The zero-order valence-electron chi connectivity index (χ0n) is 9.49. The lowest BCUT2D eigenvalue weighted by Crippen LogP contribution is -2.10. The SMILES string of the molecule is CCSc1nnc(-n2sc3ccccc3c2=O)s1. The van der Waals surface area contributed by atoms with Crippen molar-refractivity contribution in [1.82, 2.24) is 14.2 Å². The van der Waals surface area contributed by atoms with Gasteiger partial charge in [-0.15, -0.1) is 10.2 Å². The first-order chi connectivity index (χ1) is 8.79. The molecule has 0 aliphatic carbocycles. The van der Waals surface area contributed by atoms with E-state index in [2.05, 4.69) is 17.1 Å². The number of thioether (sulfide) groups is 1. The first kappa shape index (κ1) is 11.9. The molecule has 3 aromatic rings. The van der Waals surface area contributed by atoms with Gasteiger partial charge >= 0.3 is 0 Å². The molecule has 7 heteroatoms. The minimum absolute atomic E-state index is 0.0141. The number of nitrogens with zero attached hydrogens (tertiary/aromatic N) is 3. The molecule has 0 unspecified atom stereocenters. The van der Waals surface area contributed by atoms with E-state index >= 15 is 0 Å². The zero-order valence-corrected chi connectivity index (χ0v) is 11.9. The third-order valence-corrected chi connectivity index (χ3v) is 5.44. The molecule has 3 rings (SSSR count). The topological polar surface area (TPSA) is 47.8 Å². The number of benzene rings is 1. The Morgan fingerprint density at radius 3 is 2.94 bits per heavy atom. The Bertz CT molecular complexity index is 743. The average molecular weight is 295 g/mol. The van der Waals surface area contributed by atoms with Crippen LogP contribution in [0.15, 0.2) is 33.4 Å². The van der Waals surface area contributed by atoms with Crippen molar-refractivity contribution >= 4 is 44.7 Å². The second-order valence-corrected chi connectivity index (χ2v) is 6.93. The molecule has 18 heavy (non-hydrogen) atoms. The molecular formula is C11H9N3OS3. The van der Waals surface area contributed by atoms with Crippen LogP contribution in [0.5, 0.6) is 0 Å². The van der Waals surface area contributed by atoms with Crippen LogP contribution in [-0.4, -0.2) is 19.9 Å².